The van der Waals surface area contributed by atoms with Crippen LogP contribution in [0.25, 0.3) is 0 Å². The highest BCUT2D eigenvalue weighted by Gasteiger charge is 2.07. The zero-order valence-corrected chi connectivity index (χ0v) is 11.2. The Bertz CT molecular complexity index is 198. The maximum absolute atomic E-state index is 11.2. The van der Waals surface area contributed by atoms with E-state index in [0.717, 1.165) is 6.54 Å². The summed E-state index contributed by atoms with van der Waals surface area (Å²) in [5, 5.41) is 6.13. The van der Waals surface area contributed by atoms with Crippen molar-refractivity contribution in [3.05, 3.63) is 0 Å². The number of rotatable bonds is 7. The molecule has 0 aromatic rings. The Labute approximate surface area is 99.1 Å². The van der Waals surface area contributed by atoms with Gasteiger partial charge in [-0.05, 0) is 20.8 Å². The summed E-state index contributed by atoms with van der Waals surface area (Å²) < 4.78 is 5.38. The van der Waals surface area contributed by atoms with Gasteiger partial charge in [0.2, 0.25) is 5.91 Å². The number of hydrogen-bond acceptors (Lipinski definition) is 3. The van der Waals surface area contributed by atoms with Gasteiger partial charge < -0.3 is 15.4 Å². The van der Waals surface area contributed by atoms with Crippen molar-refractivity contribution in [2.45, 2.75) is 40.2 Å². The molecule has 0 aliphatic heterocycles. The van der Waals surface area contributed by atoms with E-state index in [1.54, 1.807) is 0 Å². The second-order valence-electron chi connectivity index (χ2n) is 5.23. The molecule has 0 aromatic heterocycles. The molecule has 0 atom stereocenters. The van der Waals surface area contributed by atoms with E-state index in [1.165, 1.54) is 0 Å². The minimum Gasteiger partial charge on any atom is -0.378 e. The monoisotopic (exact) mass is 230 g/mol. The lowest BCUT2D eigenvalue weighted by molar-refractivity contribution is -0.124. The van der Waals surface area contributed by atoms with Crippen LogP contribution in [0.1, 0.15) is 34.6 Å². The Morgan fingerprint density at radius 3 is 2.25 bits per heavy atom. The van der Waals surface area contributed by atoms with Gasteiger partial charge in [-0.3, -0.25) is 4.79 Å². The zero-order chi connectivity index (χ0) is 12.6. The van der Waals surface area contributed by atoms with Gasteiger partial charge in [0, 0.05) is 24.5 Å². The molecular weight excluding hydrogens is 204 g/mol. The van der Waals surface area contributed by atoms with Gasteiger partial charge in [0.05, 0.1) is 13.2 Å². The standard InChI is InChI=1S/C12H26N2O2/c1-10(2)11(15)13-6-8-16-9-7-14-12(3,4)5/h10,14H,6-9H2,1-5H3,(H,13,15). The molecule has 0 unspecified atom stereocenters. The van der Waals surface area contributed by atoms with Crippen molar-refractivity contribution in [1.82, 2.24) is 10.6 Å². The molecule has 1 amide bonds. The van der Waals surface area contributed by atoms with E-state index in [2.05, 4.69) is 31.4 Å². The minimum atomic E-state index is 0.0440. The molecule has 0 fully saturated rings. The molecule has 4 nitrogen and oxygen atoms in total. The van der Waals surface area contributed by atoms with Gasteiger partial charge in [-0.2, -0.15) is 0 Å². The third kappa shape index (κ3) is 9.93. The average molecular weight is 230 g/mol. The first-order chi connectivity index (χ1) is 7.33. The normalized spacial score (nSPS) is 11.9. The fourth-order valence-corrected chi connectivity index (χ4v) is 1.05. The number of carbonyl (C=O) groups is 1. The van der Waals surface area contributed by atoms with Gasteiger partial charge >= 0.3 is 0 Å². The van der Waals surface area contributed by atoms with Crippen LogP contribution in [0.2, 0.25) is 0 Å². The highest BCUT2D eigenvalue weighted by Crippen LogP contribution is 1.96. The molecule has 2 N–H and O–H groups in total. The second-order valence-corrected chi connectivity index (χ2v) is 5.23. The summed E-state index contributed by atoms with van der Waals surface area (Å²) >= 11 is 0. The molecule has 16 heavy (non-hydrogen) atoms. The SMILES string of the molecule is CC(C)C(=O)NCCOCCNC(C)(C)C. The summed E-state index contributed by atoms with van der Waals surface area (Å²) in [6, 6.07) is 0. The smallest absolute Gasteiger partial charge is 0.222 e. The molecule has 96 valence electrons. The molecular formula is C12H26N2O2. The van der Waals surface area contributed by atoms with Crippen LogP contribution in [0.5, 0.6) is 0 Å². The summed E-state index contributed by atoms with van der Waals surface area (Å²) in [5.41, 5.74) is 0.134. The molecule has 0 radical (unpaired) electrons. The van der Waals surface area contributed by atoms with Crippen LogP contribution in [0.4, 0.5) is 0 Å². The Kier molecular flexibility index (Phi) is 7.34. The van der Waals surface area contributed by atoms with Gasteiger partial charge in [0.1, 0.15) is 0 Å². The van der Waals surface area contributed by atoms with Gasteiger partial charge in [0.15, 0.2) is 0 Å². The Morgan fingerprint density at radius 2 is 1.75 bits per heavy atom. The van der Waals surface area contributed by atoms with E-state index in [4.69, 9.17) is 4.74 Å². The van der Waals surface area contributed by atoms with Gasteiger partial charge in [-0.15, -0.1) is 0 Å². The lowest BCUT2D eigenvalue weighted by Crippen LogP contribution is -2.38. The molecule has 0 aliphatic carbocycles. The fourth-order valence-electron chi connectivity index (χ4n) is 1.05. The summed E-state index contributed by atoms with van der Waals surface area (Å²) in [7, 11) is 0. The lowest BCUT2D eigenvalue weighted by Gasteiger charge is -2.20. The maximum Gasteiger partial charge on any atom is 0.222 e. The van der Waals surface area contributed by atoms with Crippen LogP contribution in [0, 0.1) is 5.92 Å². The topological polar surface area (TPSA) is 50.4 Å². The minimum absolute atomic E-state index is 0.0440. The average Bonchev–Trinajstić information content (AvgIpc) is 2.14. The third-order valence-corrected chi connectivity index (χ3v) is 1.97. The molecule has 0 aromatic carbocycles. The van der Waals surface area contributed by atoms with Gasteiger partial charge in [-0.1, -0.05) is 13.8 Å². The van der Waals surface area contributed by atoms with Crippen molar-refractivity contribution in [3.8, 4) is 0 Å². The van der Waals surface area contributed by atoms with Crippen molar-refractivity contribution in [2.24, 2.45) is 5.92 Å². The highest BCUT2D eigenvalue weighted by atomic mass is 16.5. The Balaban J connectivity index is 3.26. The summed E-state index contributed by atoms with van der Waals surface area (Å²) in [6.07, 6.45) is 0. The molecule has 0 saturated heterocycles. The van der Waals surface area contributed by atoms with Gasteiger partial charge in [-0.25, -0.2) is 0 Å². The Morgan fingerprint density at radius 1 is 1.19 bits per heavy atom. The first-order valence-corrected chi connectivity index (χ1v) is 5.93. The molecule has 0 bridgehead atoms. The van der Waals surface area contributed by atoms with E-state index >= 15 is 0 Å². The number of amides is 1. The summed E-state index contributed by atoms with van der Waals surface area (Å²) in [6.45, 7) is 12.8. The predicted octanol–water partition coefficient (Wildman–Crippen LogP) is 1.16. The van der Waals surface area contributed by atoms with Crippen LogP contribution in [-0.2, 0) is 9.53 Å². The lowest BCUT2D eigenvalue weighted by atomic mass is 10.1. The molecule has 4 heteroatoms. The van der Waals surface area contributed by atoms with Crippen LogP contribution in [0.3, 0.4) is 0 Å². The maximum atomic E-state index is 11.2. The van der Waals surface area contributed by atoms with E-state index in [-0.39, 0.29) is 17.4 Å². The van der Waals surface area contributed by atoms with Crippen LogP contribution in [-0.4, -0.2) is 37.7 Å². The highest BCUT2D eigenvalue weighted by molar-refractivity contribution is 5.77. The molecule has 0 aliphatic rings. The fraction of sp³-hybridized carbons (Fsp3) is 0.917. The van der Waals surface area contributed by atoms with E-state index in [9.17, 15) is 4.79 Å². The van der Waals surface area contributed by atoms with E-state index < -0.39 is 0 Å². The third-order valence-electron chi connectivity index (χ3n) is 1.97. The van der Waals surface area contributed by atoms with Gasteiger partial charge in [0.25, 0.3) is 0 Å². The molecule has 0 heterocycles. The summed E-state index contributed by atoms with van der Waals surface area (Å²) in [4.78, 5) is 11.2. The van der Waals surface area contributed by atoms with Crippen molar-refractivity contribution in [2.75, 3.05) is 26.3 Å². The predicted molar refractivity (Wildman–Crippen MR) is 66.4 cm³/mol. The number of ether oxygens (including phenoxy) is 1. The van der Waals surface area contributed by atoms with Crippen molar-refractivity contribution in [1.29, 1.82) is 0 Å². The first-order valence-electron chi connectivity index (χ1n) is 5.93. The van der Waals surface area contributed by atoms with Crippen LogP contribution < -0.4 is 10.6 Å². The van der Waals surface area contributed by atoms with Crippen LogP contribution in [0.15, 0.2) is 0 Å². The van der Waals surface area contributed by atoms with Crippen LogP contribution >= 0.6 is 0 Å². The first kappa shape index (κ1) is 15.4. The summed E-state index contributed by atoms with van der Waals surface area (Å²) in [5.74, 6) is 0.124. The number of nitrogens with one attached hydrogen (secondary N) is 2. The second kappa shape index (κ2) is 7.63. The van der Waals surface area contributed by atoms with Crippen molar-refractivity contribution < 1.29 is 9.53 Å². The molecule has 0 rings (SSSR count). The Hall–Kier alpha value is -0.610. The van der Waals surface area contributed by atoms with E-state index in [1.807, 2.05) is 13.8 Å². The van der Waals surface area contributed by atoms with Crippen molar-refractivity contribution in [3.63, 3.8) is 0 Å². The largest absolute Gasteiger partial charge is 0.378 e. The quantitative estimate of drug-likeness (QED) is 0.645. The number of carbonyl (C=O) groups excluding carboxylic acids is 1. The van der Waals surface area contributed by atoms with Crippen molar-refractivity contribution >= 4 is 5.91 Å². The molecule has 0 saturated carbocycles. The zero-order valence-electron chi connectivity index (χ0n) is 11.2. The van der Waals surface area contributed by atoms with E-state index in [0.29, 0.717) is 19.8 Å². The molecule has 0 spiro atoms. The number of hydrogen-bond donors (Lipinski definition) is 2.